The molecule has 0 saturated heterocycles. The highest BCUT2D eigenvalue weighted by Gasteiger charge is 2.21. The maximum Gasteiger partial charge on any atom is 0.230 e. The number of nitrogens with one attached hydrogen (secondary N) is 1. The zero-order valence-corrected chi connectivity index (χ0v) is 12.5. The Morgan fingerprint density at radius 3 is 2.39 bits per heavy atom. The number of amides is 1. The Kier molecular flexibility index (Phi) is 6.76. The van der Waals surface area contributed by atoms with Gasteiger partial charge in [0.15, 0.2) is 5.78 Å². The second-order valence-corrected chi connectivity index (χ2v) is 6.60. The molecule has 1 atom stereocenters. The Morgan fingerprint density at radius 2 is 1.89 bits per heavy atom. The summed E-state index contributed by atoms with van der Waals surface area (Å²) in [7, 11) is 0. The van der Waals surface area contributed by atoms with Gasteiger partial charge in [0, 0.05) is 0 Å². The molecule has 0 aromatic rings. The predicted octanol–water partition coefficient (Wildman–Crippen LogP) is 2.64. The highest BCUT2D eigenvalue weighted by Crippen LogP contribution is 2.27. The number of hydrogen-bond donors (Lipinski definition) is 1. The van der Waals surface area contributed by atoms with E-state index >= 15 is 0 Å². The van der Waals surface area contributed by atoms with Gasteiger partial charge in [0.25, 0.3) is 0 Å². The van der Waals surface area contributed by atoms with Crippen LogP contribution in [0.5, 0.6) is 0 Å². The van der Waals surface area contributed by atoms with E-state index in [1.54, 1.807) is 11.8 Å². The molecule has 104 valence electrons. The second-order valence-electron chi connectivity index (χ2n) is 5.57. The third-order valence-electron chi connectivity index (χ3n) is 3.48. The highest BCUT2D eigenvalue weighted by molar-refractivity contribution is 7.99. The van der Waals surface area contributed by atoms with Gasteiger partial charge in [0.1, 0.15) is 0 Å². The van der Waals surface area contributed by atoms with Crippen LogP contribution in [0.3, 0.4) is 0 Å². The molecule has 0 radical (unpaired) electrons. The predicted molar refractivity (Wildman–Crippen MR) is 76.7 cm³/mol. The molecule has 1 saturated carbocycles. The standard InChI is InChI=1S/C14H25NO2S/c1-10(2)14(11(3)16)15-13(17)9-18-8-12-6-4-5-7-12/h10,12,14H,4-9H2,1-3H3,(H,15,17). The molecule has 3 nitrogen and oxygen atoms in total. The molecule has 1 amide bonds. The molecule has 4 heteroatoms. The van der Waals surface area contributed by atoms with Crippen LogP contribution in [0.25, 0.3) is 0 Å². The van der Waals surface area contributed by atoms with Crippen molar-refractivity contribution in [1.29, 1.82) is 0 Å². The molecule has 18 heavy (non-hydrogen) atoms. The van der Waals surface area contributed by atoms with Gasteiger partial charge in [0.05, 0.1) is 11.8 Å². The first-order chi connectivity index (χ1) is 8.50. The lowest BCUT2D eigenvalue weighted by molar-refractivity contribution is -0.126. The molecule has 0 bridgehead atoms. The lowest BCUT2D eigenvalue weighted by Gasteiger charge is -2.19. The van der Waals surface area contributed by atoms with Gasteiger partial charge in [-0.25, -0.2) is 0 Å². The number of rotatable bonds is 7. The summed E-state index contributed by atoms with van der Waals surface area (Å²) in [4.78, 5) is 23.1. The number of thioether (sulfide) groups is 1. The van der Waals surface area contributed by atoms with Gasteiger partial charge >= 0.3 is 0 Å². The van der Waals surface area contributed by atoms with Crippen molar-refractivity contribution < 1.29 is 9.59 Å². The third-order valence-corrected chi connectivity index (χ3v) is 4.66. The molecular formula is C14H25NO2S. The summed E-state index contributed by atoms with van der Waals surface area (Å²) in [6.45, 7) is 5.45. The average Bonchev–Trinajstić information content (AvgIpc) is 2.78. The molecule has 0 heterocycles. The maximum atomic E-state index is 11.8. The van der Waals surface area contributed by atoms with Crippen LogP contribution in [-0.2, 0) is 9.59 Å². The zero-order valence-electron chi connectivity index (χ0n) is 11.7. The van der Waals surface area contributed by atoms with Crippen molar-refractivity contribution in [3.63, 3.8) is 0 Å². The largest absolute Gasteiger partial charge is 0.345 e. The van der Waals surface area contributed by atoms with Gasteiger partial charge in [-0.15, -0.1) is 0 Å². The van der Waals surface area contributed by atoms with Gasteiger partial charge in [-0.3, -0.25) is 9.59 Å². The van der Waals surface area contributed by atoms with Crippen LogP contribution in [0.15, 0.2) is 0 Å². The van der Waals surface area contributed by atoms with Crippen molar-refractivity contribution >= 4 is 23.5 Å². The minimum atomic E-state index is -0.329. The smallest absolute Gasteiger partial charge is 0.230 e. The van der Waals surface area contributed by atoms with Crippen molar-refractivity contribution in [2.45, 2.75) is 52.5 Å². The molecule has 0 spiro atoms. The molecule has 1 rings (SSSR count). The number of ketones is 1. The topological polar surface area (TPSA) is 46.2 Å². The fourth-order valence-corrected chi connectivity index (χ4v) is 3.50. The van der Waals surface area contributed by atoms with Crippen molar-refractivity contribution in [2.24, 2.45) is 11.8 Å². The van der Waals surface area contributed by atoms with Crippen molar-refractivity contribution in [2.75, 3.05) is 11.5 Å². The summed E-state index contributed by atoms with van der Waals surface area (Å²) in [6, 6.07) is -0.329. The molecule has 0 aromatic carbocycles. The van der Waals surface area contributed by atoms with Crippen LogP contribution in [0, 0.1) is 11.8 Å². The fourth-order valence-electron chi connectivity index (χ4n) is 2.45. The first kappa shape index (κ1) is 15.5. The van der Waals surface area contributed by atoms with E-state index in [1.165, 1.54) is 32.6 Å². The summed E-state index contributed by atoms with van der Waals surface area (Å²) in [5.74, 6) is 2.56. The van der Waals surface area contributed by atoms with E-state index in [-0.39, 0.29) is 23.7 Å². The summed E-state index contributed by atoms with van der Waals surface area (Å²) in [5, 5.41) is 2.83. The fraction of sp³-hybridized carbons (Fsp3) is 0.857. The number of carbonyl (C=O) groups excluding carboxylic acids is 2. The van der Waals surface area contributed by atoms with E-state index in [0.29, 0.717) is 5.75 Å². The van der Waals surface area contributed by atoms with Crippen LogP contribution in [0.4, 0.5) is 0 Å². The van der Waals surface area contributed by atoms with Crippen LogP contribution in [0.2, 0.25) is 0 Å². The van der Waals surface area contributed by atoms with Gasteiger partial charge in [-0.05, 0) is 37.4 Å². The summed E-state index contributed by atoms with van der Waals surface area (Å²) >= 11 is 1.70. The van der Waals surface area contributed by atoms with Crippen LogP contribution < -0.4 is 5.32 Å². The lowest BCUT2D eigenvalue weighted by Crippen LogP contribution is -2.44. The molecule has 1 N–H and O–H groups in total. The quantitative estimate of drug-likeness (QED) is 0.774. The Bertz CT molecular complexity index is 286. The first-order valence-corrected chi connectivity index (χ1v) is 8.03. The lowest BCUT2D eigenvalue weighted by atomic mass is 10.0. The SMILES string of the molecule is CC(=O)C(NC(=O)CSCC1CCCC1)C(C)C. The Morgan fingerprint density at radius 1 is 1.28 bits per heavy atom. The van der Waals surface area contributed by atoms with Gasteiger partial charge < -0.3 is 5.32 Å². The number of Topliss-reactive ketones (excluding diaryl/α,β-unsaturated/α-hetero) is 1. The summed E-state index contributed by atoms with van der Waals surface area (Å²) in [5.41, 5.74) is 0. The monoisotopic (exact) mass is 271 g/mol. The van der Waals surface area contributed by atoms with Crippen molar-refractivity contribution in [3.05, 3.63) is 0 Å². The molecular weight excluding hydrogens is 246 g/mol. The molecule has 1 fully saturated rings. The normalized spacial score (nSPS) is 18.0. The van der Waals surface area contributed by atoms with E-state index in [9.17, 15) is 9.59 Å². The molecule has 0 aromatic heterocycles. The summed E-state index contributed by atoms with van der Waals surface area (Å²) in [6.07, 6.45) is 5.32. The van der Waals surface area contributed by atoms with Gasteiger partial charge in [-0.1, -0.05) is 26.7 Å². The molecule has 1 aliphatic rings. The minimum Gasteiger partial charge on any atom is -0.345 e. The van der Waals surface area contributed by atoms with E-state index in [4.69, 9.17) is 0 Å². The van der Waals surface area contributed by atoms with Crippen molar-refractivity contribution in [3.8, 4) is 0 Å². The van der Waals surface area contributed by atoms with E-state index in [2.05, 4.69) is 5.32 Å². The molecule has 1 unspecified atom stereocenters. The maximum absolute atomic E-state index is 11.8. The minimum absolute atomic E-state index is 0.00750. The second kappa shape index (κ2) is 7.82. The van der Waals surface area contributed by atoms with Gasteiger partial charge in [0.2, 0.25) is 5.91 Å². The Balaban J connectivity index is 2.21. The number of carbonyl (C=O) groups is 2. The number of hydrogen-bond acceptors (Lipinski definition) is 3. The van der Waals surface area contributed by atoms with Gasteiger partial charge in [-0.2, -0.15) is 11.8 Å². The summed E-state index contributed by atoms with van der Waals surface area (Å²) < 4.78 is 0. The first-order valence-electron chi connectivity index (χ1n) is 6.88. The Hall–Kier alpha value is -0.510. The van der Waals surface area contributed by atoms with E-state index < -0.39 is 0 Å². The highest BCUT2D eigenvalue weighted by atomic mass is 32.2. The van der Waals surface area contributed by atoms with Crippen LogP contribution >= 0.6 is 11.8 Å². The van der Waals surface area contributed by atoms with Crippen LogP contribution in [0.1, 0.15) is 46.5 Å². The van der Waals surface area contributed by atoms with E-state index in [0.717, 1.165) is 11.7 Å². The molecule has 0 aliphatic heterocycles. The average molecular weight is 271 g/mol. The van der Waals surface area contributed by atoms with E-state index in [1.807, 2.05) is 13.8 Å². The zero-order chi connectivity index (χ0) is 13.5. The third kappa shape index (κ3) is 5.42. The van der Waals surface area contributed by atoms with Crippen LogP contribution in [-0.4, -0.2) is 29.2 Å². The van der Waals surface area contributed by atoms with Crippen molar-refractivity contribution in [1.82, 2.24) is 5.32 Å². The molecule has 1 aliphatic carbocycles. The Labute approximate surface area is 114 Å².